The molecule has 104 valence electrons. The van der Waals surface area contributed by atoms with Crippen LogP contribution in [0.3, 0.4) is 0 Å². The lowest BCUT2D eigenvalue weighted by atomic mass is 10.2. The quantitative estimate of drug-likeness (QED) is 0.906. The van der Waals surface area contributed by atoms with Gasteiger partial charge in [0.15, 0.2) is 0 Å². The van der Waals surface area contributed by atoms with Crippen molar-refractivity contribution in [2.24, 2.45) is 0 Å². The summed E-state index contributed by atoms with van der Waals surface area (Å²) in [5.41, 5.74) is 0. The van der Waals surface area contributed by atoms with E-state index in [0.29, 0.717) is 12.0 Å². The highest BCUT2D eigenvalue weighted by molar-refractivity contribution is 7.18. The van der Waals surface area contributed by atoms with Crippen LogP contribution in [0.4, 0.5) is 11.8 Å². The summed E-state index contributed by atoms with van der Waals surface area (Å²) in [7, 11) is 1.87. The van der Waals surface area contributed by atoms with Crippen LogP contribution in [0.2, 0.25) is 0 Å². The van der Waals surface area contributed by atoms with E-state index in [1.807, 2.05) is 7.05 Å². The normalized spacial score (nSPS) is 11.3. The van der Waals surface area contributed by atoms with Gasteiger partial charge in [0.2, 0.25) is 5.95 Å². The van der Waals surface area contributed by atoms with Gasteiger partial charge < -0.3 is 10.2 Å². The fourth-order valence-electron chi connectivity index (χ4n) is 2.21. The summed E-state index contributed by atoms with van der Waals surface area (Å²) in [5, 5.41) is 4.23. The van der Waals surface area contributed by atoms with Gasteiger partial charge in [0.25, 0.3) is 0 Å². The van der Waals surface area contributed by atoms with Crippen molar-refractivity contribution in [1.82, 2.24) is 9.97 Å². The van der Waals surface area contributed by atoms with E-state index >= 15 is 0 Å². The summed E-state index contributed by atoms with van der Waals surface area (Å²) in [5.74, 6) is 1.75. The Morgan fingerprint density at radius 1 is 1.37 bits per heavy atom. The first-order chi connectivity index (χ1) is 9.06. The summed E-state index contributed by atoms with van der Waals surface area (Å²) < 4.78 is 0. The highest BCUT2D eigenvalue weighted by Gasteiger charge is 2.17. The molecular weight excluding hydrogens is 256 g/mol. The predicted octanol–water partition coefficient (Wildman–Crippen LogP) is 3.67. The zero-order chi connectivity index (χ0) is 14.0. The third-order valence-electron chi connectivity index (χ3n) is 3.08. The van der Waals surface area contributed by atoms with Gasteiger partial charge in [0.1, 0.15) is 10.6 Å². The van der Waals surface area contributed by atoms with Crippen molar-refractivity contribution in [1.29, 1.82) is 0 Å². The number of hydrogen-bond donors (Lipinski definition) is 1. The Kier molecular flexibility index (Phi) is 4.24. The number of thiophene rings is 1. The summed E-state index contributed by atoms with van der Waals surface area (Å²) in [6, 6.07) is 2.63. The molecule has 0 aromatic carbocycles. The maximum absolute atomic E-state index is 4.68. The van der Waals surface area contributed by atoms with E-state index in [4.69, 9.17) is 0 Å². The minimum absolute atomic E-state index is 0.433. The molecule has 0 spiro atoms. The summed E-state index contributed by atoms with van der Waals surface area (Å²) >= 11 is 1.73. The molecule has 2 aromatic heterocycles. The van der Waals surface area contributed by atoms with Gasteiger partial charge >= 0.3 is 0 Å². The Morgan fingerprint density at radius 2 is 2.11 bits per heavy atom. The van der Waals surface area contributed by atoms with Gasteiger partial charge in [0.05, 0.1) is 5.39 Å². The van der Waals surface area contributed by atoms with Crippen molar-refractivity contribution < 1.29 is 0 Å². The predicted molar refractivity (Wildman–Crippen MR) is 84.5 cm³/mol. The lowest BCUT2D eigenvalue weighted by molar-refractivity contribution is 0.665. The lowest BCUT2D eigenvalue weighted by Crippen LogP contribution is -2.32. The zero-order valence-corrected chi connectivity index (χ0v) is 13.1. The number of aromatic nitrogens is 2. The van der Waals surface area contributed by atoms with E-state index in [1.54, 1.807) is 11.3 Å². The molecule has 1 N–H and O–H groups in total. The van der Waals surface area contributed by atoms with Crippen LogP contribution in [0.1, 0.15) is 32.1 Å². The molecule has 0 unspecified atom stereocenters. The van der Waals surface area contributed by atoms with Crippen molar-refractivity contribution in [3.8, 4) is 0 Å². The molecule has 0 aliphatic heterocycles. The Morgan fingerprint density at radius 3 is 2.68 bits per heavy atom. The second kappa shape index (κ2) is 5.74. The van der Waals surface area contributed by atoms with E-state index < -0.39 is 0 Å². The van der Waals surface area contributed by atoms with Crippen molar-refractivity contribution in [2.45, 2.75) is 40.2 Å². The molecule has 2 heterocycles. The van der Waals surface area contributed by atoms with Gasteiger partial charge in [0, 0.05) is 24.5 Å². The van der Waals surface area contributed by atoms with Crippen LogP contribution in [0.5, 0.6) is 0 Å². The number of aryl methyl sites for hydroxylation is 1. The molecule has 0 bridgehead atoms. The van der Waals surface area contributed by atoms with Crippen LogP contribution in [-0.4, -0.2) is 29.6 Å². The maximum atomic E-state index is 4.68. The number of rotatable bonds is 5. The van der Waals surface area contributed by atoms with Crippen LogP contribution in [-0.2, 0) is 0 Å². The number of hydrogen-bond acceptors (Lipinski definition) is 5. The second-order valence-corrected chi connectivity index (χ2v) is 6.22. The Hall–Kier alpha value is -1.36. The molecule has 0 radical (unpaired) electrons. The van der Waals surface area contributed by atoms with Gasteiger partial charge in [-0.3, -0.25) is 0 Å². The summed E-state index contributed by atoms with van der Waals surface area (Å²) in [4.78, 5) is 13.9. The van der Waals surface area contributed by atoms with E-state index in [0.717, 1.165) is 23.6 Å². The Bertz CT molecular complexity index is 562. The lowest BCUT2D eigenvalue weighted by Gasteiger charge is -2.28. The topological polar surface area (TPSA) is 41.1 Å². The molecule has 19 heavy (non-hydrogen) atoms. The van der Waals surface area contributed by atoms with Crippen LogP contribution in [0, 0.1) is 6.92 Å². The van der Waals surface area contributed by atoms with Crippen molar-refractivity contribution in [3.63, 3.8) is 0 Å². The highest BCUT2D eigenvalue weighted by Crippen LogP contribution is 2.32. The zero-order valence-electron chi connectivity index (χ0n) is 12.3. The average molecular weight is 278 g/mol. The number of nitrogens with zero attached hydrogens (tertiary/aromatic N) is 3. The molecule has 0 aliphatic carbocycles. The van der Waals surface area contributed by atoms with Crippen LogP contribution >= 0.6 is 11.3 Å². The first-order valence-corrected chi connectivity index (χ1v) is 7.61. The molecule has 4 nitrogen and oxygen atoms in total. The van der Waals surface area contributed by atoms with Crippen molar-refractivity contribution in [2.75, 3.05) is 23.8 Å². The van der Waals surface area contributed by atoms with Crippen LogP contribution < -0.4 is 10.2 Å². The van der Waals surface area contributed by atoms with Gasteiger partial charge in [-0.1, -0.05) is 6.92 Å². The molecule has 2 rings (SSSR count). The Labute approximate surface area is 118 Å². The molecule has 0 saturated heterocycles. The molecule has 0 aliphatic rings. The third kappa shape index (κ3) is 2.81. The maximum Gasteiger partial charge on any atom is 0.225 e. The molecule has 2 aromatic rings. The highest BCUT2D eigenvalue weighted by atomic mass is 32.1. The third-order valence-corrected chi connectivity index (χ3v) is 4.02. The fourth-order valence-corrected chi connectivity index (χ4v) is 3.08. The Balaban J connectivity index is 2.61. The minimum atomic E-state index is 0.433. The van der Waals surface area contributed by atoms with Gasteiger partial charge in [-0.2, -0.15) is 4.98 Å². The SMILES string of the molecule is CCCN(c1nc(NC)nc2sc(C)cc12)C(C)C. The van der Waals surface area contributed by atoms with Crippen LogP contribution in [0.15, 0.2) is 6.07 Å². The largest absolute Gasteiger partial charge is 0.357 e. The van der Waals surface area contributed by atoms with Crippen LogP contribution in [0.25, 0.3) is 10.2 Å². The van der Waals surface area contributed by atoms with Gasteiger partial charge in [-0.15, -0.1) is 11.3 Å². The molecule has 0 atom stereocenters. The summed E-state index contributed by atoms with van der Waals surface area (Å²) in [6.45, 7) is 9.76. The standard InChI is InChI=1S/C14H22N4S/c1-6-7-18(9(2)3)12-11-8-10(4)19-13(11)17-14(15-5)16-12/h8-9H,6-7H2,1-5H3,(H,15,16,17). The monoisotopic (exact) mass is 278 g/mol. The van der Waals surface area contributed by atoms with E-state index in [-0.39, 0.29) is 0 Å². The number of nitrogens with one attached hydrogen (secondary N) is 1. The van der Waals surface area contributed by atoms with E-state index in [1.165, 1.54) is 10.3 Å². The fraction of sp³-hybridized carbons (Fsp3) is 0.571. The first kappa shape index (κ1) is 14.1. The molecule has 0 saturated carbocycles. The second-order valence-electron chi connectivity index (χ2n) is 4.98. The van der Waals surface area contributed by atoms with Gasteiger partial charge in [-0.25, -0.2) is 4.98 Å². The van der Waals surface area contributed by atoms with Gasteiger partial charge in [-0.05, 0) is 33.3 Å². The van der Waals surface area contributed by atoms with E-state index in [2.05, 4.69) is 53.9 Å². The molecule has 0 amide bonds. The molecule has 0 fully saturated rings. The molecule has 5 heteroatoms. The number of anilines is 2. The minimum Gasteiger partial charge on any atom is -0.357 e. The smallest absolute Gasteiger partial charge is 0.225 e. The van der Waals surface area contributed by atoms with Crippen molar-refractivity contribution >= 4 is 33.3 Å². The number of fused-ring (bicyclic) bond motifs is 1. The van der Waals surface area contributed by atoms with E-state index in [9.17, 15) is 0 Å². The summed E-state index contributed by atoms with van der Waals surface area (Å²) in [6.07, 6.45) is 1.11. The molecular formula is C14H22N4S. The first-order valence-electron chi connectivity index (χ1n) is 6.79. The van der Waals surface area contributed by atoms with Crippen molar-refractivity contribution in [3.05, 3.63) is 10.9 Å². The average Bonchev–Trinajstić information content (AvgIpc) is 2.74.